The van der Waals surface area contributed by atoms with Crippen molar-refractivity contribution >= 4 is 35.0 Å². The molecule has 4 nitrogen and oxygen atoms in total. The fourth-order valence-corrected chi connectivity index (χ4v) is 4.41. The van der Waals surface area contributed by atoms with E-state index in [9.17, 15) is 9.59 Å². The van der Waals surface area contributed by atoms with Gasteiger partial charge in [-0.05, 0) is 60.2 Å². The topological polar surface area (TPSA) is 49.4 Å². The van der Waals surface area contributed by atoms with E-state index in [0.717, 1.165) is 35.1 Å². The van der Waals surface area contributed by atoms with Crippen LogP contribution in [0.5, 0.6) is 0 Å². The van der Waals surface area contributed by atoms with Gasteiger partial charge in [0.15, 0.2) is 0 Å². The molecule has 0 bridgehead atoms. The third kappa shape index (κ3) is 7.84. The SMILES string of the molecule is CCCCNC(=O)[C@@H](Cc1ccccc1)N(Cc1ccc(Cl)c(Cl)c1)C(=O)Cc1ccc(C)c(C)c1. The lowest BCUT2D eigenvalue weighted by molar-refractivity contribution is -0.140. The summed E-state index contributed by atoms with van der Waals surface area (Å²) in [5, 5.41) is 3.92. The molecule has 1 atom stereocenters. The van der Waals surface area contributed by atoms with Crippen LogP contribution in [0.15, 0.2) is 66.7 Å². The summed E-state index contributed by atoms with van der Waals surface area (Å²) in [5.74, 6) is -0.267. The van der Waals surface area contributed by atoms with E-state index in [4.69, 9.17) is 23.2 Å². The maximum absolute atomic E-state index is 13.8. The van der Waals surface area contributed by atoms with Gasteiger partial charge in [0.2, 0.25) is 11.8 Å². The van der Waals surface area contributed by atoms with E-state index >= 15 is 0 Å². The Hall–Kier alpha value is -2.82. The van der Waals surface area contributed by atoms with Crippen molar-refractivity contribution in [3.8, 4) is 0 Å². The highest BCUT2D eigenvalue weighted by molar-refractivity contribution is 6.42. The number of halogens is 2. The minimum atomic E-state index is -0.669. The number of hydrogen-bond donors (Lipinski definition) is 1. The van der Waals surface area contributed by atoms with Gasteiger partial charge >= 0.3 is 0 Å². The Bertz CT molecular complexity index is 1180. The van der Waals surface area contributed by atoms with Crippen LogP contribution in [-0.2, 0) is 29.0 Å². The normalized spacial score (nSPS) is 11.7. The molecule has 3 aromatic rings. The van der Waals surface area contributed by atoms with Crippen LogP contribution in [0.3, 0.4) is 0 Å². The summed E-state index contributed by atoms with van der Waals surface area (Å²) in [7, 11) is 0. The number of hydrogen-bond acceptors (Lipinski definition) is 2. The van der Waals surface area contributed by atoms with Gasteiger partial charge < -0.3 is 10.2 Å². The summed E-state index contributed by atoms with van der Waals surface area (Å²) in [6.07, 6.45) is 2.48. The first-order chi connectivity index (χ1) is 17.3. The second-order valence-electron chi connectivity index (χ2n) is 9.22. The number of carbonyl (C=O) groups excluding carboxylic acids is 2. The minimum absolute atomic E-state index is 0.115. The predicted molar refractivity (Wildman–Crippen MR) is 148 cm³/mol. The molecule has 0 heterocycles. The highest BCUT2D eigenvalue weighted by atomic mass is 35.5. The third-order valence-electron chi connectivity index (χ3n) is 6.36. The molecule has 0 spiro atoms. The van der Waals surface area contributed by atoms with Crippen molar-refractivity contribution in [3.63, 3.8) is 0 Å². The van der Waals surface area contributed by atoms with E-state index in [1.165, 1.54) is 5.56 Å². The highest BCUT2D eigenvalue weighted by Gasteiger charge is 2.30. The Morgan fingerprint density at radius 2 is 1.58 bits per heavy atom. The van der Waals surface area contributed by atoms with Crippen molar-refractivity contribution in [1.82, 2.24) is 10.2 Å². The van der Waals surface area contributed by atoms with E-state index in [2.05, 4.69) is 12.2 Å². The summed E-state index contributed by atoms with van der Waals surface area (Å²) in [4.78, 5) is 29.0. The lowest BCUT2D eigenvalue weighted by Crippen LogP contribution is -2.51. The van der Waals surface area contributed by atoms with Crippen LogP contribution in [0.2, 0.25) is 10.0 Å². The predicted octanol–water partition coefficient (Wildman–Crippen LogP) is 6.71. The van der Waals surface area contributed by atoms with Crippen LogP contribution in [0.4, 0.5) is 0 Å². The van der Waals surface area contributed by atoms with Gasteiger partial charge in [0.25, 0.3) is 0 Å². The molecule has 3 rings (SSSR count). The lowest BCUT2D eigenvalue weighted by Gasteiger charge is -2.32. The highest BCUT2D eigenvalue weighted by Crippen LogP contribution is 2.25. The van der Waals surface area contributed by atoms with Crippen molar-refractivity contribution in [3.05, 3.63) is 105 Å². The average Bonchev–Trinajstić information content (AvgIpc) is 2.86. The molecule has 1 N–H and O–H groups in total. The van der Waals surface area contributed by atoms with Crippen LogP contribution >= 0.6 is 23.2 Å². The second kappa shape index (κ2) is 13.5. The molecule has 0 saturated heterocycles. The smallest absolute Gasteiger partial charge is 0.243 e. The van der Waals surface area contributed by atoms with Crippen LogP contribution in [0.1, 0.15) is 47.6 Å². The van der Waals surface area contributed by atoms with Crippen LogP contribution < -0.4 is 5.32 Å². The molecule has 6 heteroatoms. The summed E-state index contributed by atoms with van der Waals surface area (Å²) < 4.78 is 0. The van der Waals surface area contributed by atoms with E-state index in [1.807, 2.05) is 68.4 Å². The van der Waals surface area contributed by atoms with Crippen molar-refractivity contribution in [2.24, 2.45) is 0 Å². The summed E-state index contributed by atoms with van der Waals surface area (Å²) in [6, 6.07) is 20.5. The maximum Gasteiger partial charge on any atom is 0.243 e. The first-order valence-corrected chi connectivity index (χ1v) is 13.1. The molecule has 0 unspecified atom stereocenters. The lowest BCUT2D eigenvalue weighted by atomic mass is 10.00. The number of nitrogens with zero attached hydrogens (tertiary/aromatic N) is 1. The van der Waals surface area contributed by atoms with Crippen LogP contribution in [0.25, 0.3) is 0 Å². The average molecular weight is 526 g/mol. The van der Waals surface area contributed by atoms with Gasteiger partial charge in [-0.2, -0.15) is 0 Å². The molecule has 3 aromatic carbocycles. The number of amides is 2. The summed E-state index contributed by atoms with van der Waals surface area (Å²) in [6.45, 7) is 6.99. The summed E-state index contributed by atoms with van der Waals surface area (Å²) >= 11 is 12.4. The number of benzene rings is 3. The van der Waals surface area contributed by atoms with Gasteiger partial charge in [-0.3, -0.25) is 9.59 Å². The molecule has 0 saturated carbocycles. The fraction of sp³-hybridized carbons (Fsp3) is 0.333. The Kier molecular flexibility index (Phi) is 10.4. The Morgan fingerprint density at radius 3 is 2.25 bits per heavy atom. The fourth-order valence-electron chi connectivity index (χ4n) is 4.08. The maximum atomic E-state index is 13.8. The molecule has 0 aromatic heterocycles. The quantitative estimate of drug-likeness (QED) is 0.283. The van der Waals surface area contributed by atoms with E-state index in [-0.39, 0.29) is 24.8 Å². The molecule has 0 aliphatic rings. The Morgan fingerprint density at radius 1 is 0.861 bits per heavy atom. The molecule has 0 aliphatic carbocycles. The van der Waals surface area contributed by atoms with Gasteiger partial charge in [0.05, 0.1) is 16.5 Å². The Labute approximate surface area is 224 Å². The van der Waals surface area contributed by atoms with E-state index in [0.29, 0.717) is 23.0 Å². The minimum Gasteiger partial charge on any atom is -0.354 e. The molecular weight excluding hydrogens is 491 g/mol. The molecule has 190 valence electrons. The molecular formula is C30H34Cl2N2O2. The first kappa shape index (κ1) is 27.8. The molecule has 0 aliphatic heterocycles. The molecule has 0 fully saturated rings. The van der Waals surface area contributed by atoms with Gasteiger partial charge in [-0.15, -0.1) is 0 Å². The molecule has 0 radical (unpaired) electrons. The summed E-state index contributed by atoms with van der Waals surface area (Å²) in [5.41, 5.74) is 5.04. The standard InChI is InChI=1S/C30H34Cl2N2O2/c1-4-5-15-33-30(36)28(18-23-9-7-6-8-10-23)34(20-25-13-14-26(31)27(32)17-25)29(35)19-24-12-11-21(2)22(3)16-24/h6-14,16-17,28H,4-5,15,18-20H2,1-3H3,(H,33,36)/t28-/m1/s1. The number of unbranched alkanes of at least 4 members (excludes halogenated alkanes) is 1. The van der Waals surface area contributed by atoms with Crippen molar-refractivity contribution in [1.29, 1.82) is 0 Å². The van der Waals surface area contributed by atoms with E-state index < -0.39 is 6.04 Å². The van der Waals surface area contributed by atoms with Gasteiger partial charge in [0.1, 0.15) is 6.04 Å². The third-order valence-corrected chi connectivity index (χ3v) is 7.10. The number of aryl methyl sites for hydroxylation is 2. The van der Waals surface area contributed by atoms with Gasteiger partial charge in [0, 0.05) is 19.5 Å². The largest absolute Gasteiger partial charge is 0.354 e. The number of nitrogens with one attached hydrogen (secondary N) is 1. The zero-order valence-corrected chi connectivity index (χ0v) is 22.7. The second-order valence-corrected chi connectivity index (χ2v) is 10.0. The van der Waals surface area contributed by atoms with Gasteiger partial charge in [-0.1, -0.05) is 91.1 Å². The zero-order chi connectivity index (χ0) is 26.1. The number of rotatable bonds is 11. The zero-order valence-electron chi connectivity index (χ0n) is 21.2. The van der Waals surface area contributed by atoms with E-state index in [1.54, 1.807) is 17.0 Å². The molecule has 2 amide bonds. The van der Waals surface area contributed by atoms with Crippen LogP contribution in [0, 0.1) is 13.8 Å². The van der Waals surface area contributed by atoms with Crippen LogP contribution in [-0.4, -0.2) is 29.3 Å². The number of carbonyl (C=O) groups is 2. The molecule has 36 heavy (non-hydrogen) atoms. The van der Waals surface area contributed by atoms with Crippen molar-refractivity contribution < 1.29 is 9.59 Å². The van der Waals surface area contributed by atoms with Crippen molar-refractivity contribution in [2.75, 3.05) is 6.54 Å². The van der Waals surface area contributed by atoms with Gasteiger partial charge in [-0.25, -0.2) is 0 Å². The Balaban J connectivity index is 1.97. The first-order valence-electron chi connectivity index (χ1n) is 12.4. The van der Waals surface area contributed by atoms with Crippen molar-refractivity contribution in [2.45, 2.75) is 59.0 Å². The monoisotopic (exact) mass is 524 g/mol.